The number of rotatable bonds is 13. The van der Waals surface area contributed by atoms with Crippen molar-refractivity contribution in [3.05, 3.63) is 34.2 Å². The van der Waals surface area contributed by atoms with Crippen LogP contribution in [0.3, 0.4) is 0 Å². The summed E-state index contributed by atoms with van der Waals surface area (Å²) in [4.78, 5) is 36.8. The number of hydrogen-bond donors (Lipinski definition) is 2. The first kappa shape index (κ1) is 24.1. The molecule has 0 spiro atoms. The largest absolute Gasteiger partial charge is 0.379 e. The van der Waals surface area contributed by atoms with Crippen LogP contribution in [0, 0.1) is 0 Å². The summed E-state index contributed by atoms with van der Waals surface area (Å²) in [5.41, 5.74) is 7.61. The van der Waals surface area contributed by atoms with Crippen molar-refractivity contribution < 1.29 is 23.8 Å². The molecule has 0 aliphatic carbocycles. The van der Waals surface area contributed by atoms with Crippen LogP contribution < -0.4 is 16.7 Å². The van der Waals surface area contributed by atoms with Crippen LogP contribution in [0.25, 0.3) is 11.0 Å². The normalized spacial score (nSPS) is 16.6. The summed E-state index contributed by atoms with van der Waals surface area (Å²) in [5, 5.41) is 2.33. The van der Waals surface area contributed by atoms with Crippen LogP contribution in [0.15, 0.2) is 23.0 Å². The van der Waals surface area contributed by atoms with Gasteiger partial charge in [-0.25, -0.2) is 4.79 Å². The molecule has 1 aliphatic heterocycles. The highest BCUT2D eigenvalue weighted by atomic mass is 16.5. The molecule has 1 unspecified atom stereocenters. The summed E-state index contributed by atoms with van der Waals surface area (Å²) in [7, 11) is 1.71. The van der Waals surface area contributed by atoms with Crippen molar-refractivity contribution in [2.24, 2.45) is 12.8 Å². The average molecular weight is 449 g/mol. The van der Waals surface area contributed by atoms with Crippen molar-refractivity contribution in [1.29, 1.82) is 0 Å². The third kappa shape index (κ3) is 5.83. The Morgan fingerprint density at radius 1 is 1.03 bits per heavy atom. The van der Waals surface area contributed by atoms with Gasteiger partial charge in [0, 0.05) is 26.6 Å². The molecule has 176 valence electrons. The van der Waals surface area contributed by atoms with E-state index in [1.807, 2.05) is 18.2 Å². The number of aromatic nitrogens is 2. The number of amides is 2. The minimum absolute atomic E-state index is 0.223. The second-order valence-corrected chi connectivity index (χ2v) is 7.69. The molecule has 2 aromatic rings. The maximum Gasteiger partial charge on any atom is 0.329 e. The number of nitrogens with zero attached hydrogens (tertiary/aromatic N) is 2. The smallest absolute Gasteiger partial charge is 0.329 e. The zero-order valence-corrected chi connectivity index (χ0v) is 18.5. The van der Waals surface area contributed by atoms with Gasteiger partial charge in [0.1, 0.15) is 6.04 Å². The molecule has 3 N–H and O–H groups in total. The molecule has 10 nitrogen and oxygen atoms in total. The topological polar surface area (TPSA) is 127 Å². The lowest BCUT2D eigenvalue weighted by Crippen LogP contribution is -2.44. The van der Waals surface area contributed by atoms with Crippen molar-refractivity contribution in [3.63, 3.8) is 0 Å². The van der Waals surface area contributed by atoms with E-state index in [0.717, 1.165) is 23.9 Å². The summed E-state index contributed by atoms with van der Waals surface area (Å²) < 4.78 is 19.4. The highest BCUT2D eigenvalue weighted by Crippen LogP contribution is 2.25. The third-order valence-corrected chi connectivity index (χ3v) is 5.45. The minimum Gasteiger partial charge on any atom is -0.379 e. The standard InChI is InChI=1S/C22H32N4O6/c1-25-20-16(5-3-10-30-12-14-32-15-13-31-11-9-23)4-2-6-17(20)26(22(25)29)18-7-8-19(27)24-21(18)28/h2,4,6,18H,3,5,7-15,23H2,1H3,(H,24,27,28). The van der Waals surface area contributed by atoms with Crippen LogP contribution in [-0.2, 0) is 37.3 Å². The third-order valence-electron chi connectivity index (χ3n) is 5.45. The summed E-state index contributed by atoms with van der Waals surface area (Å²) in [6, 6.07) is 5.04. The lowest BCUT2D eigenvalue weighted by molar-refractivity contribution is -0.135. The second-order valence-electron chi connectivity index (χ2n) is 7.69. The maximum absolute atomic E-state index is 12.9. The van der Waals surface area contributed by atoms with Gasteiger partial charge >= 0.3 is 5.69 Å². The molecule has 1 saturated heterocycles. The maximum atomic E-state index is 12.9. The predicted octanol–water partition coefficient (Wildman–Crippen LogP) is 0.259. The van der Waals surface area contributed by atoms with Gasteiger partial charge in [-0.05, 0) is 30.9 Å². The summed E-state index contributed by atoms with van der Waals surface area (Å²) in [6.07, 6.45) is 2.07. The number of hydrogen-bond acceptors (Lipinski definition) is 7. The quantitative estimate of drug-likeness (QED) is 0.332. The van der Waals surface area contributed by atoms with Crippen LogP contribution in [0.5, 0.6) is 0 Å². The Morgan fingerprint density at radius 3 is 2.41 bits per heavy atom. The van der Waals surface area contributed by atoms with Crippen LogP contribution in [-0.4, -0.2) is 67.1 Å². The van der Waals surface area contributed by atoms with Gasteiger partial charge in [-0.15, -0.1) is 0 Å². The first-order chi connectivity index (χ1) is 15.5. The molecular weight excluding hydrogens is 416 g/mol. The number of nitrogens with two attached hydrogens (primary N) is 1. The Labute approximate surface area is 186 Å². The van der Waals surface area contributed by atoms with Crippen LogP contribution >= 0.6 is 0 Å². The lowest BCUT2D eigenvalue weighted by atomic mass is 10.0. The number of aryl methyl sites for hydroxylation is 2. The molecule has 0 saturated carbocycles. The first-order valence-electron chi connectivity index (χ1n) is 11.0. The van der Waals surface area contributed by atoms with E-state index in [-0.39, 0.29) is 18.0 Å². The fourth-order valence-corrected chi connectivity index (χ4v) is 3.94. The number of fused-ring (bicyclic) bond motifs is 1. The molecule has 2 heterocycles. The summed E-state index contributed by atoms with van der Waals surface area (Å²) in [6.45, 7) is 3.67. The molecule has 1 atom stereocenters. The zero-order chi connectivity index (χ0) is 22.9. The van der Waals surface area contributed by atoms with Crippen molar-refractivity contribution >= 4 is 22.8 Å². The van der Waals surface area contributed by atoms with E-state index in [2.05, 4.69) is 5.32 Å². The summed E-state index contributed by atoms with van der Waals surface area (Å²) in [5.74, 6) is -0.728. The number of imidazole rings is 1. The van der Waals surface area contributed by atoms with Gasteiger partial charge < -0.3 is 19.9 Å². The van der Waals surface area contributed by atoms with Crippen molar-refractivity contribution in [2.75, 3.05) is 46.2 Å². The van der Waals surface area contributed by atoms with Crippen LogP contribution in [0.2, 0.25) is 0 Å². The van der Waals surface area contributed by atoms with E-state index < -0.39 is 11.9 Å². The predicted molar refractivity (Wildman–Crippen MR) is 118 cm³/mol. The number of para-hydroxylation sites is 1. The van der Waals surface area contributed by atoms with Crippen LogP contribution in [0.1, 0.15) is 30.9 Å². The number of ether oxygens (including phenoxy) is 3. The van der Waals surface area contributed by atoms with E-state index in [0.29, 0.717) is 58.1 Å². The molecule has 32 heavy (non-hydrogen) atoms. The van der Waals surface area contributed by atoms with E-state index in [1.165, 1.54) is 4.57 Å². The van der Waals surface area contributed by atoms with E-state index >= 15 is 0 Å². The molecule has 2 amide bonds. The Kier molecular flexibility index (Phi) is 8.98. The van der Waals surface area contributed by atoms with Gasteiger partial charge in [-0.2, -0.15) is 0 Å². The fourth-order valence-electron chi connectivity index (χ4n) is 3.94. The Bertz CT molecular complexity index is 983. The highest BCUT2D eigenvalue weighted by Gasteiger charge is 2.31. The van der Waals surface area contributed by atoms with Gasteiger partial charge in [-0.1, -0.05) is 12.1 Å². The first-order valence-corrected chi connectivity index (χ1v) is 11.0. The van der Waals surface area contributed by atoms with Gasteiger partial charge in [0.2, 0.25) is 11.8 Å². The van der Waals surface area contributed by atoms with E-state index in [4.69, 9.17) is 19.9 Å². The Hall–Kier alpha value is -2.53. The molecule has 1 aromatic heterocycles. The lowest BCUT2D eigenvalue weighted by Gasteiger charge is -2.21. The monoisotopic (exact) mass is 448 g/mol. The molecule has 10 heteroatoms. The Morgan fingerprint density at radius 2 is 1.72 bits per heavy atom. The number of nitrogens with one attached hydrogen (secondary N) is 1. The molecule has 1 aliphatic rings. The van der Waals surface area contributed by atoms with Gasteiger partial charge in [0.05, 0.1) is 44.1 Å². The van der Waals surface area contributed by atoms with E-state index in [1.54, 1.807) is 11.6 Å². The second kappa shape index (κ2) is 11.9. The summed E-state index contributed by atoms with van der Waals surface area (Å²) >= 11 is 0. The van der Waals surface area contributed by atoms with E-state index in [9.17, 15) is 14.4 Å². The number of benzene rings is 1. The highest BCUT2D eigenvalue weighted by molar-refractivity contribution is 6.00. The average Bonchev–Trinajstić information content (AvgIpc) is 3.03. The molecule has 0 bridgehead atoms. The number of imide groups is 1. The Balaban J connectivity index is 1.54. The molecule has 0 radical (unpaired) electrons. The molecular formula is C22H32N4O6. The number of carbonyl (C=O) groups excluding carboxylic acids is 2. The molecule has 3 rings (SSSR count). The van der Waals surface area contributed by atoms with Gasteiger partial charge in [-0.3, -0.25) is 24.0 Å². The van der Waals surface area contributed by atoms with Gasteiger partial charge in [0.15, 0.2) is 0 Å². The van der Waals surface area contributed by atoms with Crippen molar-refractivity contribution in [3.8, 4) is 0 Å². The molecule has 1 aromatic carbocycles. The zero-order valence-electron chi connectivity index (χ0n) is 18.5. The fraction of sp³-hybridized carbons (Fsp3) is 0.591. The van der Waals surface area contributed by atoms with Crippen molar-refractivity contribution in [1.82, 2.24) is 14.5 Å². The number of piperidine rings is 1. The SMILES string of the molecule is Cn1c(=O)n(C2CCC(=O)NC2=O)c2cccc(CCCOCCOCCOCCN)c21. The minimum atomic E-state index is -0.678. The van der Waals surface area contributed by atoms with Crippen LogP contribution in [0.4, 0.5) is 0 Å². The molecule has 1 fully saturated rings. The van der Waals surface area contributed by atoms with Gasteiger partial charge in [0.25, 0.3) is 0 Å². The number of carbonyl (C=O) groups is 2. The van der Waals surface area contributed by atoms with Crippen molar-refractivity contribution in [2.45, 2.75) is 31.7 Å².